The molecule has 0 amide bonds. The first-order chi connectivity index (χ1) is 8.32. The minimum atomic E-state index is 0.296. The van der Waals surface area contributed by atoms with Gasteiger partial charge in [-0.1, -0.05) is 56.9 Å². The lowest BCUT2D eigenvalue weighted by Crippen LogP contribution is -2.32. The predicted octanol–water partition coefficient (Wildman–Crippen LogP) is 3.80. The molecule has 2 rings (SSSR count). The molecule has 1 heteroatoms. The molecule has 17 heavy (non-hydrogen) atoms. The van der Waals surface area contributed by atoms with E-state index in [1.54, 1.807) is 5.56 Å². The summed E-state index contributed by atoms with van der Waals surface area (Å²) in [5, 5.41) is 0. The summed E-state index contributed by atoms with van der Waals surface area (Å²) in [5.41, 5.74) is 9.47. The van der Waals surface area contributed by atoms with Crippen molar-refractivity contribution in [3.05, 3.63) is 35.4 Å². The average Bonchev–Trinajstić information content (AvgIpc) is 2.75. The Morgan fingerprint density at radius 1 is 1.18 bits per heavy atom. The summed E-state index contributed by atoms with van der Waals surface area (Å²) in [7, 11) is 0. The zero-order valence-corrected chi connectivity index (χ0v) is 11.0. The van der Waals surface area contributed by atoms with Crippen LogP contribution in [0.15, 0.2) is 24.3 Å². The van der Waals surface area contributed by atoms with Gasteiger partial charge in [-0.3, -0.25) is 0 Å². The fourth-order valence-corrected chi connectivity index (χ4v) is 3.23. The maximum atomic E-state index is 6.10. The van der Waals surface area contributed by atoms with Crippen molar-refractivity contribution < 1.29 is 0 Å². The number of hydrogen-bond donors (Lipinski definition) is 1. The molecular weight excluding hydrogens is 206 g/mol. The highest BCUT2D eigenvalue weighted by atomic mass is 14.6. The van der Waals surface area contributed by atoms with Gasteiger partial charge in [0.05, 0.1) is 0 Å². The third-order valence-electron chi connectivity index (χ3n) is 4.36. The van der Waals surface area contributed by atoms with Crippen LogP contribution < -0.4 is 5.73 Å². The van der Waals surface area contributed by atoms with Gasteiger partial charge in [0.25, 0.3) is 0 Å². The van der Waals surface area contributed by atoms with Crippen LogP contribution in [-0.2, 0) is 11.8 Å². The maximum absolute atomic E-state index is 6.10. The molecule has 1 unspecified atom stereocenters. The lowest BCUT2D eigenvalue weighted by molar-refractivity contribution is 0.381. The lowest BCUT2D eigenvalue weighted by atomic mass is 9.77. The highest BCUT2D eigenvalue weighted by Crippen LogP contribution is 2.41. The number of nitrogens with two attached hydrogens (primary N) is 1. The molecule has 0 saturated heterocycles. The molecule has 1 nitrogen and oxygen atoms in total. The summed E-state index contributed by atoms with van der Waals surface area (Å²) in [6.45, 7) is 3.08. The molecule has 1 aliphatic rings. The molecule has 0 spiro atoms. The van der Waals surface area contributed by atoms with E-state index in [1.807, 2.05) is 0 Å². The third-order valence-corrected chi connectivity index (χ3v) is 4.36. The summed E-state index contributed by atoms with van der Waals surface area (Å²) >= 11 is 0. The van der Waals surface area contributed by atoms with E-state index in [0.29, 0.717) is 5.41 Å². The van der Waals surface area contributed by atoms with Crippen molar-refractivity contribution in [2.75, 3.05) is 6.54 Å². The van der Waals surface area contributed by atoms with Gasteiger partial charge in [0, 0.05) is 12.0 Å². The van der Waals surface area contributed by atoms with Crippen molar-refractivity contribution in [2.24, 2.45) is 5.73 Å². The minimum absolute atomic E-state index is 0.296. The van der Waals surface area contributed by atoms with Crippen LogP contribution in [-0.4, -0.2) is 6.54 Å². The van der Waals surface area contributed by atoms with Crippen LogP contribution >= 0.6 is 0 Å². The number of rotatable bonds is 6. The topological polar surface area (TPSA) is 26.0 Å². The molecule has 0 radical (unpaired) electrons. The number of benzene rings is 1. The third kappa shape index (κ3) is 2.55. The predicted molar refractivity (Wildman–Crippen MR) is 74.3 cm³/mol. The van der Waals surface area contributed by atoms with Gasteiger partial charge in [-0.25, -0.2) is 0 Å². The molecule has 0 fully saturated rings. The fraction of sp³-hybridized carbons (Fsp3) is 0.625. The van der Waals surface area contributed by atoms with E-state index in [1.165, 1.54) is 50.5 Å². The molecule has 1 aromatic rings. The number of hydrogen-bond acceptors (Lipinski definition) is 1. The Morgan fingerprint density at radius 2 is 2.00 bits per heavy atom. The molecule has 0 heterocycles. The molecular formula is C16H25N. The Morgan fingerprint density at radius 3 is 2.76 bits per heavy atom. The van der Waals surface area contributed by atoms with Crippen molar-refractivity contribution in [3.63, 3.8) is 0 Å². The summed E-state index contributed by atoms with van der Waals surface area (Å²) in [5.74, 6) is 0. The Hall–Kier alpha value is -0.820. The Bertz CT molecular complexity index is 358. The van der Waals surface area contributed by atoms with Crippen LogP contribution in [0.3, 0.4) is 0 Å². The molecule has 2 N–H and O–H groups in total. The monoisotopic (exact) mass is 231 g/mol. The zero-order chi connectivity index (χ0) is 12.1. The van der Waals surface area contributed by atoms with E-state index in [0.717, 1.165) is 6.54 Å². The van der Waals surface area contributed by atoms with Gasteiger partial charge in [-0.15, -0.1) is 0 Å². The van der Waals surface area contributed by atoms with Crippen LogP contribution in [0.2, 0.25) is 0 Å². The van der Waals surface area contributed by atoms with Crippen molar-refractivity contribution >= 4 is 0 Å². The molecule has 0 bridgehead atoms. The number of fused-ring (bicyclic) bond motifs is 1. The fourth-order valence-electron chi connectivity index (χ4n) is 3.23. The molecule has 94 valence electrons. The normalized spacial score (nSPS) is 22.7. The van der Waals surface area contributed by atoms with Gasteiger partial charge >= 0.3 is 0 Å². The average molecular weight is 231 g/mol. The van der Waals surface area contributed by atoms with Crippen molar-refractivity contribution in [2.45, 2.75) is 57.3 Å². The first-order valence-electron chi connectivity index (χ1n) is 7.11. The summed E-state index contributed by atoms with van der Waals surface area (Å²) < 4.78 is 0. The van der Waals surface area contributed by atoms with Crippen molar-refractivity contribution in [3.8, 4) is 0 Å². The summed E-state index contributed by atoms with van der Waals surface area (Å²) in [4.78, 5) is 0. The summed E-state index contributed by atoms with van der Waals surface area (Å²) in [6.07, 6.45) is 9.13. The maximum Gasteiger partial charge on any atom is 0.00814 e. The van der Waals surface area contributed by atoms with Gasteiger partial charge in [-0.2, -0.15) is 0 Å². The SMILES string of the molecule is CCCCCCC1(CN)CCc2ccccc21. The number of unbranched alkanes of at least 4 members (excludes halogenated alkanes) is 3. The van der Waals surface area contributed by atoms with Crippen LogP contribution in [0.25, 0.3) is 0 Å². The van der Waals surface area contributed by atoms with Crippen molar-refractivity contribution in [1.82, 2.24) is 0 Å². The quantitative estimate of drug-likeness (QED) is 0.740. The van der Waals surface area contributed by atoms with E-state index < -0.39 is 0 Å². The van der Waals surface area contributed by atoms with Gasteiger partial charge in [-0.05, 0) is 30.4 Å². The van der Waals surface area contributed by atoms with Crippen LogP contribution in [0.4, 0.5) is 0 Å². The Balaban J connectivity index is 2.06. The van der Waals surface area contributed by atoms with Crippen LogP contribution in [0.1, 0.15) is 56.6 Å². The van der Waals surface area contributed by atoms with Gasteiger partial charge < -0.3 is 5.73 Å². The first kappa shape index (κ1) is 12.6. The van der Waals surface area contributed by atoms with Crippen molar-refractivity contribution in [1.29, 1.82) is 0 Å². The smallest absolute Gasteiger partial charge is 0.00814 e. The van der Waals surface area contributed by atoms with Crippen LogP contribution in [0.5, 0.6) is 0 Å². The van der Waals surface area contributed by atoms with Crippen LogP contribution in [0, 0.1) is 0 Å². The van der Waals surface area contributed by atoms with Gasteiger partial charge in [0.15, 0.2) is 0 Å². The molecule has 1 atom stereocenters. The lowest BCUT2D eigenvalue weighted by Gasteiger charge is -2.29. The van der Waals surface area contributed by atoms with E-state index in [9.17, 15) is 0 Å². The zero-order valence-electron chi connectivity index (χ0n) is 11.0. The minimum Gasteiger partial charge on any atom is -0.330 e. The summed E-state index contributed by atoms with van der Waals surface area (Å²) in [6, 6.07) is 8.90. The second-order valence-corrected chi connectivity index (χ2v) is 5.45. The Labute approximate surface area is 105 Å². The van der Waals surface area contributed by atoms with E-state index in [2.05, 4.69) is 31.2 Å². The van der Waals surface area contributed by atoms with E-state index >= 15 is 0 Å². The molecule has 0 aliphatic heterocycles. The number of aryl methyl sites for hydroxylation is 1. The molecule has 1 aromatic carbocycles. The van der Waals surface area contributed by atoms with Gasteiger partial charge in [0.1, 0.15) is 0 Å². The Kier molecular flexibility index (Phi) is 4.22. The highest BCUT2D eigenvalue weighted by molar-refractivity contribution is 5.39. The van der Waals surface area contributed by atoms with Gasteiger partial charge in [0.2, 0.25) is 0 Å². The molecule has 1 aliphatic carbocycles. The first-order valence-corrected chi connectivity index (χ1v) is 7.11. The largest absolute Gasteiger partial charge is 0.330 e. The van der Waals surface area contributed by atoms with E-state index in [4.69, 9.17) is 5.73 Å². The second-order valence-electron chi connectivity index (χ2n) is 5.45. The standard InChI is InChI=1S/C16H25N/c1-2-3-4-7-11-16(13-17)12-10-14-8-5-6-9-15(14)16/h5-6,8-9H,2-4,7,10-13,17H2,1H3. The molecule has 0 aromatic heterocycles. The second kappa shape index (κ2) is 5.68. The van der Waals surface area contributed by atoms with E-state index in [-0.39, 0.29) is 0 Å². The molecule has 0 saturated carbocycles. The highest BCUT2D eigenvalue weighted by Gasteiger charge is 2.36.